The Kier molecular flexibility index (Phi) is 5.21. The molecule has 0 spiro atoms. The number of imidazole rings is 1. The molecule has 29 heavy (non-hydrogen) atoms. The molecule has 0 aliphatic heterocycles. The molecular formula is C18H21N5O5S. The van der Waals surface area contributed by atoms with E-state index < -0.39 is 28.6 Å². The third-order valence-electron chi connectivity index (χ3n) is 5.13. The summed E-state index contributed by atoms with van der Waals surface area (Å²) in [5, 5.41) is 10.2. The van der Waals surface area contributed by atoms with Crippen molar-refractivity contribution in [3.8, 4) is 5.88 Å². The molecule has 1 aliphatic rings. The second-order valence-electron chi connectivity index (χ2n) is 7.05. The van der Waals surface area contributed by atoms with Crippen LogP contribution in [0.1, 0.15) is 18.4 Å². The number of nitrogens with zero attached hydrogens (tertiary/aromatic N) is 5. The van der Waals surface area contributed by atoms with Gasteiger partial charge in [-0.05, 0) is 5.56 Å². The zero-order chi connectivity index (χ0) is 20.6. The van der Waals surface area contributed by atoms with Crippen LogP contribution in [0.15, 0.2) is 43.0 Å². The molecule has 11 heteroatoms. The minimum absolute atomic E-state index is 0.209. The lowest BCUT2D eigenvalue weighted by Gasteiger charge is -2.22. The van der Waals surface area contributed by atoms with Crippen molar-refractivity contribution in [1.29, 1.82) is 0 Å². The first-order valence-electron chi connectivity index (χ1n) is 9.08. The van der Waals surface area contributed by atoms with Crippen LogP contribution in [0.25, 0.3) is 11.2 Å². The molecule has 2 N–H and O–H groups in total. The van der Waals surface area contributed by atoms with E-state index >= 15 is 0 Å². The molecule has 10 nitrogen and oxygen atoms in total. The smallest absolute Gasteiger partial charge is 0.335 e. The minimum atomic E-state index is -4.40. The van der Waals surface area contributed by atoms with Crippen LogP contribution in [0.5, 0.6) is 5.88 Å². The normalized spacial score (nSPS) is 22.4. The van der Waals surface area contributed by atoms with E-state index in [-0.39, 0.29) is 18.7 Å². The van der Waals surface area contributed by atoms with Crippen LogP contribution in [0, 0.1) is 0 Å². The predicted octanol–water partition coefficient (Wildman–Crippen LogP) is 0.880. The average Bonchev–Trinajstić information content (AvgIpc) is 3.25. The van der Waals surface area contributed by atoms with Crippen LogP contribution in [0.4, 0.5) is 0 Å². The first-order valence-corrected chi connectivity index (χ1v) is 10.5. The summed E-state index contributed by atoms with van der Waals surface area (Å²) in [5.74, 6) is 0.272. The van der Waals surface area contributed by atoms with Crippen LogP contribution in [-0.2, 0) is 16.8 Å². The maximum atomic E-state index is 11.4. The van der Waals surface area contributed by atoms with Crippen molar-refractivity contribution >= 4 is 21.5 Å². The van der Waals surface area contributed by atoms with Gasteiger partial charge in [-0.1, -0.05) is 30.3 Å². The van der Waals surface area contributed by atoms with E-state index in [1.165, 1.54) is 13.4 Å². The van der Waals surface area contributed by atoms with Crippen molar-refractivity contribution in [2.75, 3.05) is 7.05 Å². The molecule has 1 aliphatic carbocycles. The Balaban J connectivity index is 1.53. The zero-order valence-electron chi connectivity index (χ0n) is 15.7. The van der Waals surface area contributed by atoms with Gasteiger partial charge < -0.3 is 14.4 Å². The Morgan fingerprint density at radius 2 is 1.97 bits per heavy atom. The highest BCUT2D eigenvalue weighted by Gasteiger charge is 2.40. The summed E-state index contributed by atoms with van der Waals surface area (Å²) in [6, 6.07) is 9.12. The second kappa shape index (κ2) is 7.67. The standard InChI is InChI=1S/C18H21N5O5S/c1-22(29(25,26)27)14-7-13(8-15(14)24)28-18-16-17(19-10-20-18)23(11-21-16)9-12-5-3-2-4-6-12/h2-6,10-11,13-15,24H,7-9H2,1H3,(H,25,26,27)/t13-,14+,15+/m1/s1. The maximum Gasteiger partial charge on any atom is 0.335 e. The van der Waals surface area contributed by atoms with Crippen molar-refractivity contribution in [3.63, 3.8) is 0 Å². The molecule has 3 aromatic rings. The molecule has 0 amide bonds. The number of hydrogen-bond acceptors (Lipinski definition) is 7. The average molecular weight is 419 g/mol. The SMILES string of the molecule is CN([C@H]1C[C@@H](Oc2ncnc3c2ncn3Cc2ccccc2)C[C@@H]1O)S(=O)(=O)O. The lowest BCUT2D eigenvalue weighted by molar-refractivity contribution is 0.113. The fourth-order valence-electron chi connectivity index (χ4n) is 3.61. The molecule has 1 aromatic carbocycles. The topological polar surface area (TPSA) is 131 Å². The van der Waals surface area contributed by atoms with Crippen LogP contribution in [-0.4, -0.2) is 67.2 Å². The van der Waals surface area contributed by atoms with Crippen molar-refractivity contribution in [2.24, 2.45) is 0 Å². The summed E-state index contributed by atoms with van der Waals surface area (Å²) < 4.78 is 40.5. The van der Waals surface area contributed by atoms with E-state index in [2.05, 4.69) is 15.0 Å². The summed E-state index contributed by atoms with van der Waals surface area (Å²) in [5.41, 5.74) is 2.20. The Labute approximate surface area is 167 Å². The lowest BCUT2D eigenvalue weighted by atomic mass is 10.2. The molecule has 0 unspecified atom stereocenters. The van der Waals surface area contributed by atoms with Gasteiger partial charge in [-0.2, -0.15) is 17.7 Å². The summed E-state index contributed by atoms with van der Waals surface area (Å²) in [4.78, 5) is 12.8. The van der Waals surface area contributed by atoms with Gasteiger partial charge in [0.25, 0.3) is 0 Å². The highest BCUT2D eigenvalue weighted by Crippen LogP contribution is 2.30. The molecule has 0 bridgehead atoms. The largest absolute Gasteiger partial charge is 0.473 e. The number of hydrogen-bond donors (Lipinski definition) is 2. The zero-order valence-corrected chi connectivity index (χ0v) is 16.5. The fourth-order valence-corrected chi connectivity index (χ4v) is 4.18. The molecular weight excluding hydrogens is 398 g/mol. The number of fused-ring (bicyclic) bond motifs is 1. The second-order valence-corrected chi connectivity index (χ2v) is 8.52. The molecule has 1 saturated carbocycles. The Hall–Kier alpha value is -2.60. The Morgan fingerprint density at radius 1 is 1.21 bits per heavy atom. The number of ether oxygens (including phenoxy) is 1. The van der Waals surface area contributed by atoms with E-state index in [1.54, 1.807) is 6.33 Å². The predicted molar refractivity (Wildman–Crippen MR) is 104 cm³/mol. The summed E-state index contributed by atoms with van der Waals surface area (Å²) >= 11 is 0. The van der Waals surface area contributed by atoms with Gasteiger partial charge in [0.05, 0.1) is 25.0 Å². The molecule has 2 aromatic heterocycles. The van der Waals surface area contributed by atoms with Crippen molar-refractivity contribution in [2.45, 2.75) is 37.6 Å². The van der Waals surface area contributed by atoms with Gasteiger partial charge in [-0.3, -0.25) is 4.55 Å². The van der Waals surface area contributed by atoms with Crippen LogP contribution in [0.3, 0.4) is 0 Å². The fraction of sp³-hybridized carbons (Fsp3) is 0.389. The molecule has 4 rings (SSSR count). The minimum Gasteiger partial charge on any atom is -0.473 e. The highest BCUT2D eigenvalue weighted by atomic mass is 32.2. The number of aliphatic hydroxyl groups is 1. The van der Waals surface area contributed by atoms with Gasteiger partial charge in [0.2, 0.25) is 5.88 Å². The van der Waals surface area contributed by atoms with Crippen molar-refractivity contribution in [1.82, 2.24) is 23.8 Å². The van der Waals surface area contributed by atoms with Crippen LogP contribution < -0.4 is 4.74 Å². The first-order chi connectivity index (χ1) is 13.8. The van der Waals surface area contributed by atoms with E-state index in [4.69, 9.17) is 4.74 Å². The summed E-state index contributed by atoms with van der Waals surface area (Å²) in [6.07, 6.45) is 2.04. The van der Waals surface area contributed by atoms with Gasteiger partial charge in [0.15, 0.2) is 11.2 Å². The van der Waals surface area contributed by atoms with Gasteiger partial charge in [-0.15, -0.1) is 0 Å². The maximum absolute atomic E-state index is 11.4. The highest BCUT2D eigenvalue weighted by molar-refractivity contribution is 7.83. The quantitative estimate of drug-likeness (QED) is 0.563. The van der Waals surface area contributed by atoms with Gasteiger partial charge in [0, 0.05) is 19.9 Å². The molecule has 0 radical (unpaired) electrons. The van der Waals surface area contributed by atoms with E-state index in [9.17, 15) is 18.1 Å². The molecule has 2 heterocycles. The Bertz CT molecular complexity index is 1100. The van der Waals surface area contributed by atoms with Gasteiger partial charge in [0.1, 0.15) is 12.4 Å². The number of likely N-dealkylation sites (N-methyl/N-ethyl adjacent to an activating group) is 1. The van der Waals surface area contributed by atoms with Gasteiger partial charge >= 0.3 is 10.3 Å². The van der Waals surface area contributed by atoms with E-state index in [0.29, 0.717) is 17.7 Å². The monoisotopic (exact) mass is 419 g/mol. The first kappa shape index (κ1) is 19.7. The third-order valence-corrected chi connectivity index (χ3v) is 6.12. The molecule has 0 saturated heterocycles. The number of aromatic nitrogens is 4. The third kappa shape index (κ3) is 4.08. The number of benzene rings is 1. The van der Waals surface area contributed by atoms with E-state index in [0.717, 1.165) is 9.87 Å². The lowest BCUT2D eigenvalue weighted by Crippen LogP contribution is -2.41. The van der Waals surface area contributed by atoms with E-state index in [1.807, 2.05) is 34.9 Å². The van der Waals surface area contributed by atoms with Gasteiger partial charge in [-0.25, -0.2) is 9.97 Å². The van der Waals surface area contributed by atoms with Crippen LogP contribution >= 0.6 is 0 Å². The van der Waals surface area contributed by atoms with Crippen LogP contribution in [0.2, 0.25) is 0 Å². The summed E-state index contributed by atoms with van der Waals surface area (Å²) in [6.45, 7) is 0.594. The van der Waals surface area contributed by atoms with Crippen molar-refractivity contribution < 1.29 is 22.8 Å². The number of aliphatic hydroxyl groups excluding tert-OH is 1. The molecule has 154 valence electrons. The molecule has 3 atom stereocenters. The van der Waals surface area contributed by atoms with Crippen molar-refractivity contribution in [3.05, 3.63) is 48.5 Å². The Morgan fingerprint density at radius 3 is 2.69 bits per heavy atom. The summed E-state index contributed by atoms with van der Waals surface area (Å²) in [7, 11) is -3.18. The molecule has 1 fully saturated rings. The number of rotatable bonds is 6.